The lowest BCUT2D eigenvalue weighted by atomic mass is 9.94. The van der Waals surface area contributed by atoms with E-state index in [4.69, 9.17) is 0 Å². The predicted molar refractivity (Wildman–Crippen MR) is 116 cm³/mol. The first kappa shape index (κ1) is 22.3. The number of thiazole rings is 1. The van der Waals surface area contributed by atoms with Crippen molar-refractivity contribution >= 4 is 28.7 Å². The van der Waals surface area contributed by atoms with Crippen LogP contribution in [0.4, 0.5) is 5.69 Å². The number of ketones is 1. The highest BCUT2D eigenvalue weighted by Gasteiger charge is 2.40. The molecule has 1 aliphatic rings. The third-order valence-electron chi connectivity index (χ3n) is 5.45. The van der Waals surface area contributed by atoms with Gasteiger partial charge < -0.3 is 10.0 Å². The van der Waals surface area contributed by atoms with Gasteiger partial charge in [0.1, 0.15) is 12.4 Å². The Morgan fingerprint density at radius 3 is 2.79 bits per heavy atom. The first-order valence-electron chi connectivity index (χ1n) is 10.2. The fraction of sp³-hybridized carbons (Fsp3) is 0.273. The largest absolute Gasteiger partial charge is 0.868 e. The smallest absolute Gasteiger partial charge is 0.269 e. The number of nitrogens with zero attached hydrogens (tertiary/aromatic N) is 4. The maximum atomic E-state index is 13.4. The Morgan fingerprint density at radius 1 is 1.36 bits per heavy atom. The van der Waals surface area contributed by atoms with Crippen LogP contribution < -0.4 is 9.67 Å². The topological polar surface area (TPSA) is 136 Å². The van der Waals surface area contributed by atoms with Crippen molar-refractivity contribution in [3.63, 3.8) is 0 Å². The summed E-state index contributed by atoms with van der Waals surface area (Å²) >= 11 is 1.16. The summed E-state index contributed by atoms with van der Waals surface area (Å²) in [4.78, 5) is 46.0. The van der Waals surface area contributed by atoms with Gasteiger partial charge in [0.15, 0.2) is 0 Å². The molecule has 33 heavy (non-hydrogen) atoms. The quantitative estimate of drug-likeness (QED) is 0.232. The molecule has 3 aromatic rings. The molecule has 10 nitrogen and oxygen atoms in total. The summed E-state index contributed by atoms with van der Waals surface area (Å²) in [7, 11) is 0. The molecular formula is C22H21N5O5S. The molecule has 0 fully saturated rings. The van der Waals surface area contributed by atoms with Crippen molar-refractivity contribution in [2.45, 2.75) is 32.9 Å². The number of H-pyrrole nitrogens is 1. The van der Waals surface area contributed by atoms with Crippen LogP contribution in [0.15, 0.2) is 54.3 Å². The molecule has 0 saturated carbocycles. The fourth-order valence-corrected chi connectivity index (χ4v) is 4.88. The predicted octanol–water partition coefficient (Wildman–Crippen LogP) is 1.75. The van der Waals surface area contributed by atoms with Crippen LogP contribution in [-0.4, -0.2) is 38.0 Å². The van der Waals surface area contributed by atoms with Gasteiger partial charge in [0.05, 0.1) is 33.1 Å². The Bertz CT molecular complexity index is 1260. The average Bonchev–Trinajstić information content (AvgIpc) is 3.48. The molecule has 170 valence electrons. The van der Waals surface area contributed by atoms with Gasteiger partial charge in [0.25, 0.3) is 5.69 Å². The summed E-state index contributed by atoms with van der Waals surface area (Å²) < 4.78 is 1.89. The number of nitro benzene ring substituents is 1. The Hall–Kier alpha value is -3.86. The molecule has 1 atom stereocenters. The number of hydrogen-bond donors (Lipinski definition) is 1. The zero-order chi connectivity index (χ0) is 23.7. The second kappa shape index (κ2) is 8.94. The lowest BCUT2D eigenvalue weighted by Gasteiger charge is -2.27. The number of aryl methyl sites for hydroxylation is 3. The minimum Gasteiger partial charge on any atom is -0.868 e. The zero-order valence-corrected chi connectivity index (χ0v) is 18.8. The second-order valence-corrected chi connectivity index (χ2v) is 8.88. The average molecular weight is 468 g/mol. The van der Waals surface area contributed by atoms with E-state index in [1.807, 2.05) is 10.8 Å². The van der Waals surface area contributed by atoms with E-state index in [9.17, 15) is 24.8 Å². The highest BCUT2D eigenvalue weighted by molar-refractivity contribution is 7.14. The van der Waals surface area contributed by atoms with Gasteiger partial charge in [-0.1, -0.05) is 12.1 Å². The van der Waals surface area contributed by atoms with Gasteiger partial charge in [0, 0.05) is 30.7 Å². The van der Waals surface area contributed by atoms with Crippen LogP contribution in [0.5, 0.6) is 0 Å². The summed E-state index contributed by atoms with van der Waals surface area (Å²) in [5.41, 5.74) is 0.454. The summed E-state index contributed by atoms with van der Waals surface area (Å²) in [5, 5.41) is 25.0. The molecular weight excluding hydrogens is 446 g/mol. The van der Waals surface area contributed by atoms with Crippen molar-refractivity contribution in [2.24, 2.45) is 0 Å². The van der Waals surface area contributed by atoms with E-state index in [1.165, 1.54) is 23.1 Å². The van der Waals surface area contributed by atoms with Crippen LogP contribution in [0.1, 0.15) is 38.4 Å². The molecule has 0 radical (unpaired) electrons. The van der Waals surface area contributed by atoms with Crippen LogP contribution in [0.25, 0.3) is 0 Å². The van der Waals surface area contributed by atoms with E-state index in [0.717, 1.165) is 11.3 Å². The van der Waals surface area contributed by atoms with Crippen LogP contribution in [0.2, 0.25) is 0 Å². The molecule has 1 N–H and O–H groups in total. The van der Waals surface area contributed by atoms with E-state index in [-0.39, 0.29) is 17.8 Å². The molecule has 1 unspecified atom stereocenters. The van der Waals surface area contributed by atoms with E-state index >= 15 is 0 Å². The van der Waals surface area contributed by atoms with Crippen molar-refractivity contribution in [1.29, 1.82) is 0 Å². The number of nitro groups is 1. The van der Waals surface area contributed by atoms with Gasteiger partial charge in [-0.15, -0.1) is 11.3 Å². The number of imidazole rings is 1. The van der Waals surface area contributed by atoms with Crippen LogP contribution in [0, 0.1) is 24.0 Å². The number of Topliss-reactive ketones (excluding diaryl/α,β-unsaturated/α-hetero) is 1. The van der Waals surface area contributed by atoms with Gasteiger partial charge in [-0.3, -0.25) is 24.7 Å². The Labute approximate surface area is 193 Å². The Balaban J connectivity index is 1.73. The molecule has 3 heterocycles. The summed E-state index contributed by atoms with van der Waals surface area (Å²) in [5.74, 6) is -2.22. The first-order chi connectivity index (χ1) is 15.8. The number of carbonyl (C=O) groups is 2. The standard InChI is InChI=1S/C22H21N5O5S/c1-13-21(33-14(2)24-13)19(28)17-18(15-5-3-6-16(11-15)27(31)32)26(22(30)20(17)29)9-4-8-25-10-7-23-12-25/h3,5-7,10-12,18H,4,8-9H2,1-2H3,(H,28,29). The zero-order valence-electron chi connectivity index (χ0n) is 18.0. The van der Waals surface area contributed by atoms with Gasteiger partial charge in [0.2, 0.25) is 18.0 Å². The van der Waals surface area contributed by atoms with Crippen molar-refractivity contribution in [1.82, 2.24) is 14.9 Å². The number of benzene rings is 1. The maximum Gasteiger partial charge on any atom is 0.269 e. The number of amides is 1. The SMILES string of the molecule is Cc1nc(C)c(C(=O)C2=C([O-])C(=O)N(CCC[n+]3cc[nH]c3)C2c2cccc([N+](=O)[O-])c2)s1. The second-order valence-electron chi connectivity index (χ2n) is 7.68. The molecule has 11 heteroatoms. The third-order valence-corrected chi connectivity index (χ3v) is 6.53. The summed E-state index contributed by atoms with van der Waals surface area (Å²) in [6.45, 7) is 4.21. The minimum atomic E-state index is -1.00. The normalized spacial score (nSPS) is 16.0. The Morgan fingerprint density at radius 2 is 2.15 bits per heavy atom. The molecule has 0 spiro atoms. The highest BCUT2D eigenvalue weighted by atomic mass is 32.1. The van der Waals surface area contributed by atoms with E-state index in [1.54, 1.807) is 32.4 Å². The number of carbonyl (C=O) groups excluding carboxylic acids is 2. The minimum absolute atomic E-state index is 0.182. The van der Waals surface area contributed by atoms with E-state index in [2.05, 4.69) is 9.97 Å². The van der Waals surface area contributed by atoms with Gasteiger partial charge in [-0.2, -0.15) is 0 Å². The lowest BCUT2D eigenvalue weighted by Crippen LogP contribution is -2.37. The van der Waals surface area contributed by atoms with Crippen molar-refractivity contribution in [2.75, 3.05) is 6.54 Å². The fourth-order valence-electron chi connectivity index (χ4n) is 4.00. The number of nitrogens with one attached hydrogen (secondary N) is 1. The van der Waals surface area contributed by atoms with Gasteiger partial charge in [-0.25, -0.2) is 9.55 Å². The number of aromatic amines is 1. The Kier molecular flexibility index (Phi) is 6.05. The molecule has 0 aliphatic carbocycles. The van der Waals surface area contributed by atoms with Crippen LogP contribution in [-0.2, 0) is 11.3 Å². The van der Waals surface area contributed by atoms with Crippen LogP contribution in [0.3, 0.4) is 0 Å². The summed E-state index contributed by atoms with van der Waals surface area (Å²) in [6.07, 6.45) is 5.89. The van der Waals surface area contributed by atoms with Crippen molar-refractivity contribution in [3.05, 3.63) is 85.6 Å². The van der Waals surface area contributed by atoms with E-state index < -0.39 is 28.4 Å². The van der Waals surface area contributed by atoms with Crippen molar-refractivity contribution in [3.8, 4) is 0 Å². The highest BCUT2D eigenvalue weighted by Crippen LogP contribution is 2.40. The summed E-state index contributed by atoms with van der Waals surface area (Å²) in [6, 6.07) is 4.71. The van der Waals surface area contributed by atoms with Gasteiger partial charge >= 0.3 is 0 Å². The molecule has 1 aliphatic heterocycles. The van der Waals surface area contributed by atoms with Gasteiger partial charge in [-0.05, 0) is 25.2 Å². The molecule has 0 saturated heterocycles. The van der Waals surface area contributed by atoms with Crippen molar-refractivity contribution < 1.29 is 24.2 Å². The molecule has 0 bridgehead atoms. The maximum absolute atomic E-state index is 13.4. The number of non-ortho nitro benzene ring substituents is 1. The first-order valence-corrected chi connectivity index (χ1v) is 11.1. The molecule has 1 aromatic carbocycles. The number of rotatable bonds is 8. The van der Waals surface area contributed by atoms with E-state index in [0.29, 0.717) is 34.1 Å². The monoisotopic (exact) mass is 467 g/mol. The molecule has 2 aromatic heterocycles. The molecule has 4 rings (SSSR count). The molecule has 1 amide bonds. The number of hydrogen-bond acceptors (Lipinski definition) is 7. The van der Waals surface area contributed by atoms with Crippen LogP contribution >= 0.6 is 11.3 Å². The number of aromatic nitrogens is 3. The lowest BCUT2D eigenvalue weighted by molar-refractivity contribution is -0.695. The third kappa shape index (κ3) is 4.27.